The monoisotopic (exact) mass is 977 g/mol. The van der Waals surface area contributed by atoms with Gasteiger partial charge in [0.1, 0.15) is 48.5 Å². The van der Waals surface area contributed by atoms with E-state index >= 15 is 0 Å². The van der Waals surface area contributed by atoms with Crippen LogP contribution < -0.4 is 31.3 Å². The molecule has 0 aliphatic carbocycles. The highest BCUT2D eigenvalue weighted by Crippen LogP contribution is 2.29. The molecule has 13 atom stereocenters. The van der Waals surface area contributed by atoms with Crippen LogP contribution in [0.4, 0.5) is 4.79 Å². The lowest BCUT2D eigenvalue weighted by molar-refractivity contribution is -0.147. The van der Waals surface area contributed by atoms with Gasteiger partial charge in [0.15, 0.2) is 17.6 Å². The Labute approximate surface area is 399 Å². The summed E-state index contributed by atoms with van der Waals surface area (Å²) >= 11 is 0. The number of hydrogen-bond donors (Lipinski definition) is 12. The average molecular weight is 978 g/mol. The predicted octanol–water partition coefficient (Wildman–Crippen LogP) is -4.70. The first-order valence-electron chi connectivity index (χ1n) is 22.5. The summed E-state index contributed by atoms with van der Waals surface area (Å²) in [6.45, 7) is 13.0. The summed E-state index contributed by atoms with van der Waals surface area (Å²) in [4.78, 5) is 105. The molecule has 384 valence electrons. The van der Waals surface area contributed by atoms with Crippen molar-refractivity contribution in [1.29, 1.82) is 0 Å². The first-order chi connectivity index (χ1) is 32.2. The van der Waals surface area contributed by atoms with Crippen LogP contribution in [-0.2, 0) is 39.9 Å². The number of rotatable bonds is 11. The molecule has 3 saturated heterocycles. The minimum absolute atomic E-state index is 0.0193. The normalized spacial score (nSPS) is 29.2. The molecular weight excluding hydrogens is 911 g/mol. The molecule has 3 aliphatic heterocycles. The van der Waals surface area contributed by atoms with E-state index in [2.05, 4.69) is 31.4 Å². The molecule has 25 nitrogen and oxygen atoms in total. The number of β-amino-alcohol motifs (C(OH)–C–C–N with tert-alkyl or cyclic N) is 1. The van der Waals surface area contributed by atoms with E-state index in [0.29, 0.717) is 6.54 Å². The lowest BCUT2D eigenvalue weighted by atomic mass is 9.99. The smallest absolute Gasteiger partial charge is 0.408 e. The zero-order valence-corrected chi connectivity index (χ0v) is 39.7. The number of carbonyl (C=O) groups excluding carboxylic acids is 7. The topological polar surface area (TPSA) is 354 Å². The zero-order chi connectivity index (χ0) is 51.7. The van der Waals surface area contributed by atoms with Crippen molar-refractivity contribution in [2.75, 3.05) is 53.4 Å². The number of carbonyl (C=O) groups is 7. The Morgan fingerprint density at radius 2 is 1.52 bits per heavy atom. The summed E-state index contributed by atoms with van der Waals surface area (Å²) in [5.74, 6) is -7.92. The number of benzene rings is 1. The van der Waals surface area contributed by atoms with Gasteiger partial charge >= 0.3 is 6.09 Å². The molecule has 0 bridgehead atoms. The molecule has 0 radical (unpaired) electrons. The third-order valence-electron chi connectivity index (χ3n) is 11.7. The lowest BCUT2D eigenvalue weighted by Gasteiger charge is -2.33. The van der Waals surface area contributed by atoms with Crippen LogP contribution in [0.2, 0.25) is 0 Å². The summed E-state index contributed by atoms with van der Waals surface area (Å²) in [6.07, 6.45) is -12.8. The van der Waals surface area contributed by atoms with Crippen molar-refractivity contribution in [3.63, 3.8) is 0 Å². The first kappa shape index (κ1) is 55.7. The summed E-state index contributed by atoms with van der Waals surface area (Å²) in [5.41, 5.74) is -0.797. The van der Waals surface area contributed by atoms with Gasteiger partial charge in [-0.25, -0.2) is 11.4 Å². The van der Waals surface area contributed by atoms with E-state index in [1.54, 1.807) is 14.1 Å². The second-order valence-electron chi connectivity index (χ2n) is 19.0. The van der Waals surface area contributed by atoms with Crippen molar-refractivity contribution in [3.05, 3.63) is 35.2 Å². The Kier molecular flexibility index (Phi) is 19.5. The fraction of sp³-hybridized carbons (Fsp3) is 0.682. The van der Waals surface area contributed by atoms with Crippen molar-refractivity contribution < 1.29 is 78.8 Å². The summed E-state index contributed by atoms with van der Waals surface area (Å²) in [5, 5.41) is 89.3. The molecule has 7 amide bonds. The Morgan fingerprint density at radius 1 is 0.884 bits per heavy atom. The highest BCUT2D eigenvalue weighted by Gasteiger charge is 2.50. The molecule has 1 aromatic rings. The van der Waals surface area contributed by atoms with E-state index in [4.69, 9.17) is 16.0 Å². The van der Waals surface area contributed by atoms with Crippen LogP contribution in [0, 0.1) is 12.5 Å². The highest BCUT2D eigenvalue weighted by atomic mass is 16.6. The number of aliphatic hydroxyl groups is 6. The molecule has 3 heterocycles. The number of aromatic hydroxyl groups is 1. The van der Waals surface area contributed by atoms with Crippen molar-refractivity contribution in [1.82, 2.24) is 41.3 Å². The van der Waals surface area contributed by atoms with Crippen LogP contribution >= 0.6 is 0 Å². The van der Waals surface area contributed by atoms with Gasteiger partial charge in [0.2, 0.25) is 42.0 Å². The number of amides is 7. The van der Waals surface area contributed by atoms with Crippen LogP contribution in [0.1, 0.15) is 53.0 Å². The summed E-state index contributed by atoms with van der Waals surface area (Å²) in [7, 11) is 3.61. The third kappa shape index (κ3) is 15.1. The van der Waals surface area contributed by atoms with Crippen molar-refractivity contribution in [3.8, 4) is 11.5 Å². The molecule has 0 aromatic heterocycles. The average Bonchev–Trinajstić information content (AvgIpc) is 3.79. The van der Waals surface area contributed by atoms with E-state index in [1.165, 1.54) is 45.9 Å². The molecule has 3 fully saturated rings. The van der Waals surface area contributed by atoms with Crippen LogP contribution in [0.25, 0.3) is 4.85 Å². The van der Waals surface area contributed by atoms with Gasteiger partial charge in [0, 0.05) is 51.4 Å². The van der Waals surface area contributed by atoms with E-state index in [9.17, 15) is 69.3 Å². The number of nitrogens with one attached hydrogen (secondary N) is 5. The van der Waals surface area contributed by atoms with E-state index < -0.39 is 165 Å². The minimum atomic E-state index is -2.06. The molecule has 0 saturated carbocycles. The third-order valence-corrected chi connectivity index (χ3v) is 11.7. The number of aliphatic hydroxyl groups excluding tert-OH is 6. The van der Waals surface area contributed by atoms with Crippen molar-refractivity contribution >= 4 is 41.5 Å². The number of alkyl carbamates (subject to hydrolysis) is 1. The summed E-state index contributed by atoms with van der Waals surface area (Å²) in [6, 6.07) is -7.00. The highest BCUT2D eigenvalue weighted by molar-refractivity contribution is 5.98. The number of nitrogens with zero attached hydrogens (tertiary/aromatic N) is 4. The number of phenols is 1. The van der Waals surface area contributed by atoms with E-state index in [0.717, 1.165) is 16.7 Å². The minimum Gasteiger partial charge on any atom is -0.504 e. The predicted molar refractivity (Wildman–Crippen MR) is 240 cm³/mol. The van der Waals surface area contributed by atoms with Crippen LogP contribution in [-0.4, -0.2) is 224 Å². The molecule has 25 heteroatoms. The molecule has 0 spiro atoms. The molecule has 1 aromatic carbocycles. The number of fused-ring (bicyclic) bond motifs is 2. The van der Waals surface area contributed by atoms with Crippen LogP contribution in [0.5, 0.6) is 11.5 Å². The maximum Gasteiger partial charge on any atom is 0.408 e. The molecule has 69 heavy (non-hydrogen) atoms. The molecule has 1 unspecified atom stereocenters. The second-order valence-corrected chi connectivity index (χ2v) is 19.0. The quantitative estimate of drug-likeness (QED) is 0.0927. The Hall–Kier alpha value is -5.88. The van der Waals surface area contributed by atoms with Crippen molar-refractivity contribution in [2.45, 2.75) is 132 Å². The second kappa shape index (κ2) is 24.1. The van der Waals surface area contributed by atoms with E-state index in [1.807, 2.05) is 4.90 Å². The maximum absolute atomic E-state index is 14.5. The van der Waals surface area contributed by atoms with Gasteiger partial charge in [-0.2, -0.15) is 0 Å². The Balaban J connectivity index is 1.83. The fourth-order valence-electron chi connectivity index (χ4n) is 8.07. The molecule has 12 N–H and O–H groups in total. The number of phenolic OH excluding ortho intramolecular Hbond substituents is 1. The molecular formula is C44H67N9O16. The largest absolute Gasteiger partial charge is 0.504 e. The fourth-order valence-corrected chi connectivity index (χ4v) is 8.07. The number of likely N-dealkylation sites (N-methyl/N-ethyl adjacent to an activating group) is 1. The molecule has 3 aliphatic rings. The summed E-state index contributed by atoms with van der Waals surface area (Å²) < 4.78 is 11.0. The number of hydrogen-bond acceptors (Lipinski definition) is 17. The Morgan fingerprint density at radius 3 is 2.14 bits per heavy atom. The zero-order valence-electron chi connectivity index (χ0n) is 39.7. The van der Waals surface area contributed by atoms with Gasteiger partial charge in [-0.3, -0.25) is 28.8 Å². The van der Waals surface area contributed by atoms with Crippen LogP contribution in [0.3, 0.4) is 0 Å². The van der Waals surface area contributed by atoms with Gasteiger partial charge in [-0.05, 0) is 59.5 Å². The maximum atomic E-state index is 14.5. The lowest BCUT2D eigenvalue weighted by Crippen LogP contribution is -2.64. The van der Waals surface area contributed by atoms with E-state index in [-0.39, 0.29) is 30.2 Å². The van der Waals surface area contributed by atoms with Gasteiger partial charge in [-0.1, -0.05) is 13.0 Å². The van der Waals surface area contributed by atoms with Crippen molar-refractivity contribution in [2.24, 2.45) is 5.92 Å². The SMILES string of the molecule is [C-]#[N+]C[C@@H](O)[C@@H]1NC(=O)[C@H]([C@H](O)Cc2ccc(O)c(OCCN(C)C)c2)NC(=O)[C@@H]2C[C@@H](O)CN2C(=O)[C@H]([C@@H](C)O)NC(=O)C(NC(=O)OC(C)(C)C)C[C@@H](O)CNC(=O)[C@@H]2[C@@H](O)[C@@H](C)CN2C1=O. The van der Waals surface area contributed by atoms with Gasteiger partial charge in [0.25, 0.3) is 0 Å². The Bertz CT molecular complexity index is 2060. The van der Waals surface area contributed by atoms with Crippen LogP contribution in [0.15, 0.2) is 18.2 Å². The standard InChI is InChI=1S/C44H67N9O16/c1-21-19-53-35(36(21)60)40(64)46-17-24(55)15-26(47-43(67)69-44(3,4)5)37(61)48-32(22(2)54)41(65)52-20-25(56)16-27(52)38(62)49-33(39(63)50-34(42(53)66)30(59)18-45-6)29(58)13-23-9-10-28(57)31(14-23)68-12-11-51(7)8/h9-10,14,21-22,24-27,29-30,32-36,54-60H,11-13,15-20H2,1-5,7-8H3,(H,46,64)(H,47,67)(H,48,61)(H,49,62)(H,50,63)/t21-,22+,24+,25+,26?,27-,29+,30+,32-,33-,34-,35-,36-/m0/s1. The number of ether oxygens (including phenoxy) is 2. The first-order valence-corrected chi connectivity index (χ1v) is 22.5. The van der Waals surface area contributed by atoms with Gasteiger partial charge < -0.3 is 91.3 Å². The van der Waals surface area contributed by atoms with Gasteiger partial charge in [-0.15, -0.1) is 0 Å². The molecule has 4 rings (SSSR count). The van der Waals surface area contributed by atoms with Gasteiger partial charge in [0.05, 0.1) is 30.5 Å².